The average Bonchev–Trinajstić information content (AvgIpc) is 2.32. The van der Waals surface area contributed by atoms with Crippen LogP contribution in [0.2, 0.25) is 0 Å². The normalized spacial score (nSPS) is 17.1. The van der Waals surface area contributed by atoms with E-state index < -0.39 is 5.97 Å². The molecule has 0 amide bonds. The number of rotatable bonds is 3. The van der Waals surface area contributed by atoms with Crippen LogP contribution >= 0.6 is 0 Å². The van der Waals surface area contributed by atoms with Gasteiger partial charge in [0.15, 0.2) is 0 Å². The summed E-state index contributed by atoms with van der Waals surface area (Å²) in [7, 11) is 0. The van der Waals surface area contributed by atoms with Crippen LogP contribution in [0.3, 0.4) is 0 Å². The Labute approximate surface area is 126 Å². The summed E-state index contributed by atoms with van der Waals surface area (Å²) < 4.78 is 6.03. The van der Waals surface area contributed by atoms with E-state index in [4.69, 9.17) is 9.84 Å². The number of carboxylic acid groups (broad SMARTS) is 1. The lowest BCUT2D eigenvalue weighted by atomic mass is 9.86. The lowest BCUT2D eigenvalue weighted by Gasteiger charge is -2.41. The first-order chi connectivity index (χ1) is 9.58. The Morgan fingerprint density at radius 1 is 1.38 bits per heavy atom. The molecule has 0 bridgehead atoms. The van der Waals surface area contributed by atoms with E-state index in [-0.39, 0.29) is 17.4 Å². The van der Waals surface area contributed by atoms with Crippen LogP contribution in [0.4, 0.5) is 5.69 Å². The molecular formula is C17H25NO3. The summed E-state index contributed by atoms with van der Waals surface area (Å²) in [6, 6.07) is 6.23. The monoisotopic (exact) mass is 291 g/mol. The lowest BCUT2D eigenvalue weighted by molar-refractivity contribution is -0.136. The van der Waals surface area contributed by atoms with E-state index in [2.05, 4.69) is 37.8 Å². The highest BCUT2D eigenvalue weighted by Gasteiger charge is 2.32. The fraction of sp³-hybridized carbons (Fsp3) is 0.588. The fourth-order valence-corrected chi connectivity index (χ4v) is 2.62. The molecule has 4 heteroatoms. The number of carboxylic acids is 1. The molecule has 0 saturated carbocycles. The van der Waals surface area contributed by atoms with Crippen molar-refractivity contribution in [2.45, 2.75) is 52.1 Å². The van der Waals surface area contributed by atoms with Gasteiger partial charge in [-0.25, -0.2) is 0 Å². The largest absolute Gasteiger partial charge is 0.484 e. The van der Waals surface area contributed by atoms with E-state index >= 15 is 0 Å². The summed E-state index contributed by atoms with van der Waals surface area (Å²) in [4.78, 5) is 13.0. The highest BCUT2D eigenvalue weighted by Crippen LogP contribution is 2.39. The van der Waals surface area contributed by atoms with Gasteiger partial charge < -0.3 is 14.7 Å². The van der Waals surface area contributed by atoms with Crippen LogP contribution < -0.4 is 9.64 Å². The molecule has 1 aliphatic heterocycles. The van der Waals surface area contributed by atoms with Gasteiger partial charge in [0.2, 0.25) is 0 Å². The molecule has 2 rings (SSSR count). The first-order valence-corrected chi connectivity index (χ1v) is 7.39. The molecule has 0 aromatic heterocycles. The molecule has 1 aromatic rings. The maximum absolute atomic E-state index is 10.9. The third kappa shape index (κ3) is 3.69. The predicted octanol–water partition coefficient (Wildman–Crippen LogP) is 3.44. The van der Waals surface area contributed by atoms with Crippen molar-refractivity contribution in [1.29, 1.82) is 0 Å². The molecule has 0 spiro atoms. The molecule has 21 heavy (non-hydrogen) atoms. The molecule has 0 atom stereocenters. The third-order valence-corrected chi connectivity index (χ3v) is 3.72. The van der Waals surface area contributed by atoms with Crippen molar-refractivity contribution < 1.29 is 14.6 Å². The van der Waals surface area contributed by atoms with Crippen molar-refractivity contribution in [1.82, 2.24) is 0 Å². The highest BCUT2D eigenvalue weighted by atomic mass is 16.5. The number of nitrogens with zero attached hydrogens (tertiary/aromatic N) is 1. The van der Waals surface area contributed by atoms with Crippen molar-refractivity contribution in [3.8, 4) is 5.75 Å². The molecule has 0 aliphatic carbocycles. The van der Waals surface area contributed by atoms with Gasteiger partial charge in [0.1, 0.15) is 11.4 Å². The Morgan fingerprint density at radius 2 is 2.05 bits per heavy atom. The Morgan fingerprint density at radius 3 is 2.62 bits per heavy atom. The van der Waals surface area contributed by atoms with Gasteiger partial charge in [-0.2, -0.15) is 0 Å². The molecule has 0 saturated heterocycles. The van der Waals surface area contributed by atoms with E-state index in [0.29, 0.717) is 13.1 Å². The number of carbonyl (C=O) groups is 1. The zero-order valence-corrected chi connectivity index (χ0v) is 13.6. The summed E-state index contributed by atoms with van der Waals surface area (Å²) in [6.45, 7) is 11.8. The molecule has 0 radical (unpaired) electrons. The maximum atomic E-state index is 10.9. The van der Waals surface area contributed by atoms with E-state index in [9.17, 15) is 4.79 Å². The smallest absolute Gasteiger partial charge is 0.305 e. The number of aliphatic carboxylic acids is 1. The van der Waals surface area contributed by atoms with Gasteiger partial charge >= 0.3 is 5.97 Å². The number of benzene rings is 1. The van der Waals surface area contributed by atoms with Crippen LogP contribution in [0.25, 0.3) is 0 Å². The molecule has 0 fully saturated rings. The summed E-state index contributed by atoms with van der Waals surface area (Å²) >= 11 is 0. The van der Waals surface area contributed by atoms with E-state index in [1.54, 1.807) is 0 Å². The van der Waals surface area contributed by atoms with E-state index in [1.807, 2.05) is 19.9 Å². The minimum atomic E-state index is -0.771. The zero-order chi connectivity index (χ0) is 15.8. The first-order valence-electron chi connectivity index (χ1n) is 7.39. The molecule has 1 heterocycles. The Hall–Kier alpha value is -1.71. The van der Waals surface area contributed by atoms with Crippen LogP contribution in [-0.4, -0.2) is 29.8 Å². The quantitative estimate of drug-likeness (QED) is 0.927. The summed E-state index contributed by atoms with van der Waals surface area (Å²) in [6.07, 6.45) is 0.134. The van der Waals surface area contributed by atoms with Crippen LogP contribution in [0, 0.1) is 0 Å². The molecule has 116 valence electrons. The Kier molecular flexibility index (Phi) is 3.91. The number of hydrogen-bond acceptors (Lipinski definition) is 3. The van der Waals surface area contributed by atoms with E-state index in [1.165, 1.54) is 5.56 Å². The van der Waals surface area contributed by atoms with Gasteiger partial charge in [-0.3, -0.25) is 4.79 Å². The number of hydrogen-bond donors (Lipinski definition) is 1. The van der Waals surface area contributed by atoms with E-state index in [0.717, 1.165) is 11.4 Å². The van der Waals surface area contributed by atoms with Crippen LogP contribution in [0.5, 0.6) is 5.75 Å². The van der Waals surface area contributed by atoms with Crippen molar-refractivity contribution in [3.05, 3.63) is 23.8 Å². The second-order valence-corrected chi connectivity index (χ2v) is 7.36. The van der Waals surface area contributed by atoms with Gasteiger partial charge in [-0.05, 0) is 37.0 Å². The van der Waals surface area contributed by atoms with Crippen molar-refractivity contribution in [3.63, 3.8) is 0 Å². The van der Waals surface area contributed by atoms with Gasteiger partial charge in [0, 0.05) is 6.54 Å². The Bertz CT molecular complexity index is 543. The van der Waals surface area contributed by atoms with Crippen molar-refractivity contribution >= 4 is 11.7 Å². The van der Waals surface area contributed by atoms with Crippen LogP contribution in [0.1, 0.15) is 46.6 Å². The third-order valence-electron chi connectivity index (χ3n) is 3.72. The SMILES string of the molecule is CC1(C)CN(CCC(=O)O)c2cc(C(C)(C)C)ccc2O1. The molecule has 0 unspecified atom stereocenters. The molecular weight excluding hydrogens is 266 g/mol. The molecule has 1 aromatic carbocycles. The van der Waals surface area contributed by atoms with Gasteiger partial charge in [0.25, 0.3) is 0 Å². The van der Waals surface area contributed by atoms with Crippen molar-refractivity contribution in [2.75, 3.05) is 18.0 Å². The summed E-state index contributed by atoms with van der Waals surface area (Å²) in [5, 5.41) is 8.95. The predicted molar refractivity (Wildman–Crippen MR) is 84.3 cm³/mol. The maximum Gasteiger partial charge on any atom is 0.305 e. The van der Waals surface area contributed by atoms with Crippen LogP contribution in [0.15, 0.2) is 18.2 Å². The second kappa shape index (κ2) is 5.24. The topological polar surface area (TPSA) is 49.8 Å². The van der Waals surface area contributed by atoms with Gasteiger partial charge in [-0.1, -0.05) is 26.8 Å². The zero-order valence-electron chi connectivity index (χ0n) is 13.6. The van der Waals surface area contributed by atoms with Gasteiger partial charge in [-0.15, -0.1) is 0 Å². The summed E-state index contributed by atoms with van der Waals surface area (Å²) in [5.74, 6) is 0.0671. The first kappa shape index (κ1) is 15.7. The average molecular weight is 291 g/mol. The van der Waals surface area contributed by atoms with Crippen molar-refractivity contribution in [2.24, 2.45) is 0 Å². The minimum absolute atomic E-state index is 0.0560. The molecule has 1 N–H and O–H groups in total. The van der Waals surface area contributed by atoms with Crippen LogP contribution in [-0.2, 0) is 10.2 Å². The molecule has 4 nitrogen and oxygen atoms in total. The fourth-order valence-electron chi connectivity index (χ4n) is 2.62. The summed E-state index contributed by atoms with van der Waals surface area (Å²) in [5.41, 5.74) is 1.97. The number of fused-ring (bicyclic) bond motifs is 1. The number of ether oxygens (including phenoxy) is 1. The Balaban J connectivity index is 2.38. The number of anilines is 1. The second-order valence-electron chi connectivity index (χ2n) is 7.36. The lowest BCUT2D eigenvalue weighted by Crippen LogP contribution is -2.47. The van der Waals surface area contributed by atoms with Gasteiger partial charge in [0.05, 0.1) is 18.7 Å². The highest BCUT2D eigenvalue weighted by molar-refractivity contribution is 5.69. The standard InChI is InChI=1S/C17H25NO3/c1-16(2,3)12-6-7-14-13(10-12)18(9-8-15(19)20)11-17(4,5)21-14/h6-7,10H,8-9,11H2,1-5H3,(H,19,20). The molecule has 1 aliphatic rings. The minimum Gasteiger partial charge on any atom is -0.484 e.